The summed E-state index contributed by atoms with van der Waals surface area (Å²) >= 11 is 0. The number of rotatable bonds is 0. The summed E-state index contributed by atoms with van der Waals surface area (Å²) < 4.78 is 0. The fourth-order valence-corrected chi connectivity index (χ4v) is 0. The van der Waals surface area contributed by atoms with Crippen molar-refractivity contribution in [3.63, 3.8) is 0 Å². The largest absolute Gasteiger partial charge is 4.00 e. The van der Waals surface area contributed by atoms with E-state index >= 15 is 0 Å². The fraction of sp³-hybridized carbons (Fsp3) is 0. The summed E-state index contributed by atoms with van der Waals surface area (Å²) in [4.78, 5) is 0. The van der Waals surface area contributed by atoms with Gasteiger partial charge in [0.05, 0.1) is 0 Å². The van der Waals surface area contributed by atoms with Crippen LogP contribution >= 0.6 is 0 Å². The van der Waals surface area contributed by atoms with E-state index in [1.54, 1.807) is 0 Å². The van der Waals surface area contributed by atoms with E-state index in [-0.39, 0.29) is 100 Å². The molecule has 0 amide bonds. The number of hydrogen-bond donors (Lipinski definition) is 0. The second-order valence-electron chi connectivity index (χ2n) is 0. The predicted octanol–water partition coefficient (Wildman–Crippen LogP) is -1.24. The zero-order valence-electron chi connectivity index (χ0n) is 4.21. The van der Waals surface area contributed by atoms with Gasteiger partial charge in [-0.05, 0) is 0 Å². The van der Waals surface area contributed by atoms with Crippen LogP contribution < -0.4 is 0 Å². The minimum atomic E-state index is 0. The van der Waals surface area contributed by atoms with E-state index in [1.807, 2.05) is 0 Å². The summed E-state index contributed by atoms with van der Waals surface area (Å²) in [7, 11) is 0. The number of hydrogen-bond acceptors (Lipinski definition) is 7. The van der Waals surface area contributed by atoms with Crippen LogP contribution in [0, 0.1) is 35.6 Å². The molecule has 0 rings (SSSR count). The van der Waals surface area contributed by atoms with Crippen molar-refractivity contribution in [3.8, 4) is 0 Å². The Hall–Kier alpha value is 1.80. The molecule has 9 heteroatoms. The van der Waals surface area contributed by atoms with E-state index in [2.05, 4.69) is 0 Å². The first-order valence-electron chi connectivity index (χ1n) is 0. The van der Waals surface area contributed by atoms with E-state index in [1.165, 1.54) is 0 Å². The molecule has 0 fully saturated rings. The topological polar surface area (TPSA) is 210 Å². The van der Waals surface area contributed by atoms with Crippen molar-refractivity contribution in [1.29, 1.82) is 0 Å². The molecular formula is H7LaO7Zr. The monoisotopic (exact) mass is 348 g/mol. The van der Waals surface area contributed by atoms with Crippen molar-refractivity contribution >= 4 is 0 Å². The van der Waals surface area contributed by atoms with Crippen molar-refractivity contribution in [3.05, 3.63) is 0 Å². The fourth-order valence-electron chi connectivity index (χ4n) is 0. The quantitative estimate of drug-likeness (QED) is 0.518. The molecular weight excluding hydrogens is 342 g/mol. The third-order valence-electron chi connectivity index (χ3n) is 0. The molecule has 0 aromatic heterocycles. The van der Waals surface area contributed by atoms with Gasteiger partial charge in [0.25, 0.3) is 0 Å². The van der Waals surface area contributed by atoms with Crippen LogP contribution in [0.5, 0.6) is 0 Å². The average Bonchev–Trinajstić information content (AvgIpc) is 0. The zero-order valence-corrected chi connectivity index (χ0v) is 10.3. The van der Waals surface area contributed by atoms with Crippen molar-refractivity contribution in [2.75, 3.05) is 0 Å². The van der Waals surface area contributed by atoms with Gasteiger partial charge in [0, 0.05) is 0 Å². The molecule has 56 valence electrons. The van der Waals surface area contributed by atoms with Gasteiger partial charge in [-0.1, -0.05) is 0 Å². The maximum Gasteiger partial charge on any atom is 4.00 e. The van der Waals surface area contributed by atoms with Crippen molar-refractivity contribution in [2.24, 2.45) is 0 Å². The second kappa shape index (κ2) is 235. The summed E-state index contributed by atoms with van der Waals surface area (Å²) in [6, 6.07) is 0. The molecule has 0 bridgehead atoms. The molecule has 0 heterocycles. The molecule has 0 unspecified atom stereocenters. The van der Waals surface area contributed by atoms with Gasteiger partial charge in [0.1, 0.15) is 0 Å². The third kappa shape index (κ3) is 184. The van der Waals surface area contributed by atoms with E-state index in [0.717, 1.165) is 0 Å². The Morgan fingerprint density at radius 3 is 0.333 bits per heavy atom. The summed E-state index contributed by atoms with van der Waals surface area (Å²) in [6.07, 6.45) is 0. The van der Waals surface area contributed by atoms with Gasteiger partial charge in [-0.25, -0.2) is 0 Å². The van der Waals surface area contributed by atoms with Gasteiger partial charge in [-0.3, -0.25) is 0 Å². The molecule has 0 atom stereocenters. The predicted molar refractivity (Wildman–Crippen MR) is 13.6 cm³/mol. The van der Waals surface area contributed by atoms with Gasteiger partial charge in [0.2, 0.25) is 0 Å². The summed E-state index contributed by atoms with van der Waals surface area (Å²) in [5, 5.41) is 0. The maximum absolute atomic E-state index is 0. The molecule has 0 radical (unpaired) electrons. The molecule has 0 aliphatic rings. The average molecular weight is 349 g/mol. The third-order valence-corrected chi connectivity index (χ3v) is 0. The summed E-state index contributed by atoms with van der Waals surface area (Å²) in [5.74, 6) is 0. The molecule has 0 aromatic rings. The second-order valence-corrected chi connectivity index (χ2v) is 0. The van der Waals surface area contributed by atoms with Crippen LogP contribution in [-0.4, -0.2) is 38.3 Å². The smallest absolute Gasteiger partial charge is 0.870 e. The summed E-state index contributed by atoms with van der Waals surface area (Å²) in [6.45, 7) is 0. The minimum Gasteiger partial charge on any atom is -0.870 e. The minimum absolute atomic E-state index is 0. The molecule has 7 N–H and O–H groups in total. The Morgan fingerprint density at radius 1 is 0.333 bits per heavy atom. The van der Waals surface area contributed by atoms with Crippen molar-refractivity contribution in [1.82, 2.24) is 0 Å². The molecule has 0 aliphatic carbocycles. The van der Waals surface area contributed by atoms with Gasteiger partial charge in [0.15, 0.2) is 0 Å². The van der Waals surface area contributed by atoms with Crippen molar-refractivity contribution < 1.29 is 100 Å². The SMILES string of the molecule is [La+3].[OH-].[OH-].[OH-].[OH-].[OH-].[OH-].[OH-].[Zr+4]. The van der Waals surface area contributed by atoms with Crippen LogP contribution in [0.25, 0.3) is 0 Å². The van der Waals surface area contributed by atoms with Gasteiger partial charge in [-0.15, -0.1) is 0 Å². The standard InChI is InChI=1S/La.7H2O.Zr/h;7*1H2;/q+3;;;;;;;;+4/p-7. The van der Waals surface area contributed by atoms with Gasteiger partial charge in [-0.2, -0.15) is 0 Å². The molecule has 0 aromatic carbocycles. The van der Waals surface area contributed by atoms with Crippen LogP contribution in [-0.2, 0) is 26.2 Å². The van der Waals surface area contributed by atoms with Crippen LogP contribution in [0.2, 0.25) is 0 Å². The molecule has 0 spiro atoms. The summed E-state index contributed by atoms with van der Waals surface area (Å²) in [5.41, 5.74) is 0. The Bertz CT molecular complexity index is 8.88. The van der Waals surface area contributed by atoms with Crippen LogP contribution in [0.15, 0.2) is 0 Å². The molecule has 0 saturated carbocycles. The molecule has 0 saturated heterocycles. The molecule has 7 nitrogen and oxygen atoms in total. The Balaban J connectivity index is 0. The maximum atomic E-state index is 0. The molecule has 9 heavy (non-hydrogen) atoms. The van der Waals surface area contributed by atoms with Gasteiger partial charge < -0.3 is 38.3 Å². The normalized spacial score (nSPS) is 0. The van der Waals surface area contributed by atoms with E-state index in [9.17, 15) is 0 Å². The first-order valence-corrected chi connectivity index (χ1v) is 0. The van der Waals surface area contributed by atoms with Crippen molar-refractivity contribution in [2.45, 2.75) is 0 Å². The van der Waals surface area contributed by atoms with Crippen LogP contribution in [0.3, 0.4) is 0 Å². The molecule has 0 aliphatic heterocycles. The van der Waals surface area contributed by atoms with E-state index in [0.29, 0.717) is 0 Å². The first-order chi connectivity index (χ1) is 0. The first kappa shape index (κ1) is 321. The van der Waals surface area contributed by atoms with Crippen LogP contribution in [0.4, 0.5) is 0 Å². The van der Waals surface area contributed by atoms with E-state index < -0.39 is 0 Å². The Kier molecular flexibility index (Phi) is 8360. The Morgan fingerprint density at radius 2 is 0.333 bits per heavy atom. The zero-order chi connectivity index (χ0) is 0. The van der Waals surface area contributed by atoms with E-state index in [4.69, 9.17) is 0 Å². The Labute approximate surface area is 99.1 Å². The van der Waals surface area contributed by atoms with Gasteiger partial charge >= 0.3 is 61.8 Å². The van der Waals surface area contributed by atoms with Crippen LogP contribution in [0.1, 0.15) is 0 Å².